The second-order valence-corrected chi connectivity index (χ2v) is 7.85. The molecule has 0 unspecified atom stereocenters. The minimum absolute atomic E-state index is 0.115. The highest BCUT2D eigenvalue weighted by Crippen LogP contribution is 2.32. The molecule has 0 aliphatic rings. The van der Waals surface area contributed by atoms with Gasteiger partial charge in [0, 0.05) is 24.3 Å². The van der Waals surface area contributed by atoms with E-state index < -0.39 is 43.0 Å². The first kappa shape index (κ1) is 21.8. The largest absolute Gasteiger partial charge is 0.468 e. The van der Waals surface area contributed by atoms with Crippen LogP contribution < -0.4 is 4.31 Å². The number of nitrogens with zero attached hydrogens (tertiary/aromatic N) is 3. The lowest BCUT2D eigenvalue weighted by Gasteiger charge is -2.25. The summed E-state index contributed by atoms with van der Waals surface area (Å²) in [6, 6.07) is 6.84. The molecule has 154 valence electrons. The van der Waals surface area contributed by atoms with Crippen LogP contribution in [0.4, 0.5) is 17.1 Å². The molecule has 11 nitrogen and oxygen atoms in total. The Morgan fingerprint density at radius 3 is 2.03 bits per heavy atom. The SMILES string of the molecule is COC(=O)CN(c1cc([N+](=O)[O-])ccc1C)S(=O)(=O)c1cc([N+](=O)[O-])ccc1C. The molecule has 2 rings (SSSR count). The van der Waals surface area contributed by atoms with Crippen LogP contribution in [-0.4, -0.2) is 37.9 Å². The van der Waals surface area contributed by atoms with Crippen molar-refractivity contribution in [1.29, 1.82) is 0 Å². The highest BCUT2D eigenvalue weighted by Gasteiger charge is 2.32. The number of rotatable bonds is 7. The molecule has 0 amide bonds. The standard InChI is InChI=1S/C17H17N3O8S/c1-11-4-6-13(19(22)23)8-15(11)18(10-17(21)28-3)29(26,27)16-9-14(20(24)25)7-5-12(16)2/h4-9H,10H2,1-3H3. The van der Waals surface area contributed by atoms with Crippen LogP contribution in [0.25, 0.3) is 0 Å². The van der Waals surface area contributed by atoms with E-state index in [1.165, 1.54) is 32.0 Å². The van der Waals surface area contributed by atoms with Crippen molar-refractivity contribution in [2.45, 2.75) is 18.7 Å². The zero-order chi connectivity index (χ0) is 21.9. The molecule has 0 spiro atoms. The third-order valence-corrected chi connectivity index (χ3v) is 6.02. The fraction of sp³-hybridized carbons (Fsp3) is 0.235. The van der Waals surface area contributed by atoms with Crippen molar-refractivity contribution in [3.8, 4) is 0 Å². The molecule has 12 heteroatoms. The van der Waals surface area contributed by atoms with E-state index in [0.29, 0.717) is 9.87 Å². The molecular weight excluding hydrogens is 406 g/mol. The lowest BCUT2D eigenvalue weighted by Crippen LogP contribution is -2.37. The van der Waals surface area contributed by atoms with Gasteiger partial charge in [-0.1, -0.05) is 12.1 Å². The minimum Gasteiger partial charge on any atom is -0.468 e. The molecule has 0 saturated heterocycles. The van der Waals surface area contributed by atoms with Crippen molar-refractivity contribution in [2.24, 2.45) is 0 Å². The van der Waals surface area contributed by atoms with Gasteiger partial charge in [0.2, 0.25) is 0 Å². The maximum Gasteiger partial charge on any atom is 0.326 e. The van der Waals surface area contributed by atoms with E-state index in [9.17, 15) is 33.4 Å². The molecule has 0 aromatic heterocycles. The van der Waals surface area contributed by atoms with Gasteiger partial charge in [0.05, 0.1) is 27.5 Å². The Morgan fingerprint density at radius 1 is 1.00 bits per heavy atom. The second-order valence-electron chi connectivity index (χ2n) is 6.02. The first-order valence-electron chi connectivity index (χ1n) is 8.08. The Balaban J connectivity index is 2.75. The molecular formula is C17H17N3O8S. The van der Waals surface area contributed by atoms with Crippen LogP contribution in [0.5, 0.6) is 0 Å². The number of hydrogen-bond donors (Lipinski definition) is 0. The smallest absolute Gasteiger partial charge is 0.326 e. The first-order valence-corrected chi connectivity index (χ1v) is 9.52. The van der Waals surface area contributed by atoms with Gasteiger partial charge in [0.25, 0.3) is 21.4 Å². The van der Waals surface area contributed by atoms with E-state index in [1.54, 1.807) is 0 Å². The Bertz CT molecular complexity index is 1100. The number of sulfonamides is 1. The van der Waals surface area contributed by atoms with E-state index >= 15 is 0 Å². The summed E-state index contributed by atoms with van der Waals surface area (Å²) in [5.41, 5.74) is -0.412. The second kappa shape index (κ2) is 8.22. The number of carbonyl (C=O) groups excluding carboxylic acids is 1. The number of non-ortho nitro benzene ring substituents is 2. The van der Waals surface area contributed by atoms with Crippen LogP contribution in [0.15, 0.2) is 41.3 Å². The van der Waals surface area contributed by atoms with Crippen molar-refractivity contribution in [3.63, 3.8) is 0 Å². The third kappa shape index (κ3) is 4.48. The Labute approximate surface area is 165 Å². The number of benzene rings is 2. The van der Waals surface area contributed by atoms with Crippen molar-refractivity contribution < 1.29 is 27.8 Å². The molecule has 29 heavy (non-hydrogen) atoms. The normalized spacial score (nSPS) is 11.0. The Hall–Kier alpha value is -3.54. The van der Waals surface area contributed by atoms with E-state index in [-0.39, 0.29) is 16.9 Å². The minimum atomic E-state index is -4.51. The van der Waals surface area contributed by atoms with Gasteiger partial charge >= 0.3 is 5.97 Å². The number of nitro benzene ring substituents is 2. The highest BCUT2D eigenvalue weighted by molar-refractivity contribution is 7.93. The van der Waals surface area contributed by atoms with Crippen LogP contribution in [-0.2, 0) is 19.6 Å². The molecule has 0 aliphatic heterocycles. The summed E-state index contributed by atoms with van der Waals surface area (Å²) in [5, 5.41) is 22.2. The van der Waals surface area contributed by atoms with Crippen molar-refractivity contribution in [2.75, 3.05) is 18.0 Å². The molecule has 2 aromatic rings. The van der Waals surface area contributed by atoms with Crippen LogP contribution in [0.3, 0.4) is 0 Å². The maximum absolute atomic E-state index is 13.3. The number of nitro groups is 2. The molecule has 0 fully saturated rings. The summed E-state index contributed by atoms with van der Waals surface area (Å²) < 4.78 is 31.9. The molecule has 0 heterocycles. The molecule has 0 saturated carbocycles. The van der Waals surface area contributed by atoms with Crippen molar-refractivity contribution in [1.82, 2.24) is 0 Å². The van der Waals surface area contributed by atoms with E-state index in [1.807, 2.05) is 0 Å². The van der Waals surface area contributed by atoms with Crippen molar-refractivity contribution >= 4 is 33.1 Å². The molecule has 0 bridgehead atoms. The fourth-order valence-corrected chi connectivity index (χ4v) is 4.27. The predicted octanol–water partition coefficient (Wildman–Crippen LogP) is 2.49. The van der Waals surface area contributed by atoms with Gasteiger partial charge in [-0.25, -0.2) is 8.42 Å². The molecule has 0 N–H and O–H groups in total. The number of methoxy groups -OCH3 is 1. The van der Waals surface area contributed by atoms with E-state index in [4.69, 9.17) is 0 Å². The van der Waals surface area contributed by atoms with Gasteiger partial charge in [0.15, 0.2) is 0 Å². The third-order valence-electron chi connectivity index (χ3n) is 4.12. The monoisotopic (exact) mass is 423 g/mol. The van der Waals surface area contributed by atoms with Gasteiger partial charge < -0.3 is 4.74 Å². The van der Waals surface area contributed by atoms with E-state index in [2.05, 4.69) is 4.74 Å². The Kier molecular flexibility index (Phi) is 6.17. The maximum atomic E-state index is 13.3. The summed E-state index contributed by atoms with van der Waals surface area (Å²) in [7, 11) is -3.44. The number of carbonyl (C=O) groups is 1. The van der Waals surface area contributed by atoms with Crippen LogP contribution >= 0.6 is 0 Å². The fourth-order valence-electron chi connectivity index (χ4n) is 2.56. The Morgan fingerprint density at radius 2 is 1.52 bits per heavy atom. The quantitative estimate of drug-likeness (QED) is 0.374. The van der Waals surface area contributed by atoms with Gasteiger partial charge in [0.1, 0.15) is 6.54 Å². The van der Waals surface area contributed by atoms with Crippen LogP contribution in [0, 0.1) is 34.1 Å². The van der Waals surface area contributed by atoms with Gasteiger partial charge in [-0.05, 0) is 25.0 Å². The molecule has 2 aromatic carbocycles. The number of anilines is 1. The number of esters is 1. The lowest BCUT2D eigenvalue weighted by molar-refractivity contribution is -0.385. The molecule has 0 atom stereocenters. The topological polar surface area (TPSA) is 150 Å². The van der Waals surface area contributed by atoms with Gasteiger partial charge in [-0.2, -0.15) is 0 Å². The zero-order valence-electron chi connectivity index (χ0n) is 15.7. The van der Waals surface area contributed by atoms with Crippen LogP contribution in [0.2, 0.25) is 0 Å². The number of aryl methyl sites for hydroxylation is 2. The van der Waals surface area contributed by atoms with Gasteiger partial charge in [-0.3, -0.25) is 29.3 Å². The summed E-state index contributed by atoms with van der Waals surface area (Å²) in [6.45, 7) is 2.18. The van der Waals surface area contributed by atoms with Crippen molar-refractivity contribution in [3.05, 3.63) is 67.8 Å². The van der Waals surface area contributed by atoms with Gasteiger partial charge in [-0.15, -0.1) is 0 Å². The summed E-state index contributed by atoms with van der Waals surface area (Å²) >= 11 is 0. The zero-order valence-corrected chi connectivity index (χ0v) is 16.5. The number of hydrogen-bond acceptors (Lipinski definition) is 8. The molecule has 0 aliphatic carbocycles. The molecule has 0 radical (unpaired) electrons. The average molecular weight is 423 g/mol. The summed E-state index contributed by atoms with van der Waals surface area (Å²) in [4.78, 5) is 32.2. The lowest BCUT2D eigenvalue weighted by atomic mass is 10.2. The average Bonchev–Trinajstić information content (AvgIpc) is 2.66. The summed E-state index contributed by atoms with van der Waals surface area (Å²) in [5.74, 6) is -0.914. The van der Waals surface area contributed by atoms with Crippen LogP contribution in [0.1, 0.15) is 11.1 Å². The highest BCUT2D eigenvalue weighted by atomic mass is 32.2. The predicted molar refractivity (Wildman–Crippen MR) is 102 cm³/mol. The van der Waals surface area contributed by atoms with E-state index in [0.717, 1.165) is 25.3 Å². The number of ether oxygens (including phenoxy) is 1. The first-order chi connectivity index (χ1) is 13.5. The summed E-state index contributed by atoms with van der Waals surface area (Å²) in [6.07, 6.45) is 0.